The number of aliphatic hydroxyl groups excluding tert-OH is 1. The molecule has 8 nitrogen and oxygen atoms in total. The number of hydrogen-bond donors (Lipinski definition) is 3. The summed E-state index contributed by atoms with van der Waals surface area (Å²) in [5.74, 6) is 1.14. The highest BCUT2D eigenvalue weighted by molar-refractivity contribution is 6.35. The number of rotatable bonds is 7. The van der Waals surface area contributed by atoms with Gasteiger partial charge in [0, 0.05) is 42.4 Å². The number of benzene rings is 1. The number of carbonyl (C=O) groups is 1. The van der Waals surface area contributed by atoms with Gasteiger partial charge in [-0.15, -0.1) is 0 Å². The van der Waals surface area contributed by atoms with Crippen LogP contribution in [0.5, 0.6) is 11.5 Å². The predicted molar refractivity (Wildman–Crippen MR) is 130 cm³/mol. The molecule has 3 heterocycles. The molecule has 0 spiro atoms. The first kappa shape index (κ1) is 22.3. The number of hydrogen-bond acceptors (Lipinski definition) is 7. The summed E-state index contributed by atoms with van der Waals surface area (Å²) < 4.78 is 5.71. The number of halogens is 1. The number of ether oxygens (including phenoxy) is 1. The summed E-state index contributed by atoms with van der Waals surface area (Å²) in [6, 6.07) is 7.13. The average Bonchev–Trinajstić information content (AvgIpc) is 3.30. The Hall–Kier alpha value is -3.49. The van der Waals surface area contributed by atoms with Crippen LogP contribution in [-0.2, 0) is 0 Å². The molecule has 1 fully saturated rings. The number of nitrogens with one attached hydrogen (secondary N) is 2. The number of fused-ring (bicyclic) bond motifs is 1. The van der Waals surface area contributed by atoms with Gasteiger partial charge in [0.25, 0.3) is 0 Å². The number of anilines is 1. The molecule has 0 saturated heterocycles. The second-order valence-corrected chi connectivity index (χ2v) is 8.88. The number of H-pyrrole nitrogens is 1. The Balaban J connectivity index is 1.40. The lowest BCUT2D eigenvalue weighted by molar-refractivity contribution is 0.104. The molecule has 1 aliphatic rings. The van der Waals surface area contributed by atoms with Gasteiger partial charge in [0.2, 0.25) is 0 Å². The Kier molecular flexibility index (Phi) is 6.42. The van der Waals surface area contributed by atoms with Crippen molar-refractivity contribution < 1.29 is 14.6 Å². The van der Waals surface area contributed by atoms with E-state index in [-0.39, 0.29) is 23.5 Å². The van der Waals surface area contributed by atoms with Crippen molar-refractivity contribution in [3.8, 4) is 11.5 Å². The molecule has 1 aromatic carbocycles. The standard InChI is InChI=1S/C25H24ClN5O3/c26-21-9-17(34-18-10-27-14-28-11-18)5-6-19(21)24(33)20-12-30-25-23(20)22(7-8-29-25)31-16-3-1-15(13-32)2-4-16/h5-12,14-16,32H,1-4,13H2,(H2,29,30,31). The van der Waals surface area contributed by atoms with E-state index in [9.17, 15) is 9.90 Å². The summed E-state index contributed by atoms with van der Waals surface area (Å²) >= 11 is 6.49. The molecule has 3 aromatic heterocycles. The zero-order valence-electron chi connectivity index (χ0n) is 18.4. The van der Waals surface area contributed by atoms with E-state index in [0.717, 1.165) is 36.8 Å². The van der Waals surface area contributed by atoms with E-state index in [0.29, 0.717) is 34.2 Å². The molecule has 0 unspecified atom stereocenters. The van der Waals surface area contributed by atoms with E-state index in [1.165, 1.54) is 6.33 Å². The summed E-state index contributed by atoms with van der Waals surface area (Å²) in [7, 11) is 0. The number of pyridine rings is 1. The lowest BCUT2D eigenvalue weighted by atomic mass is 9.86. The second kappa shape index (κ2) is 9.79. The smallest absolute Gasteiger partial charge is 0.196 e. The average molecular weight is 478 g/mol. The van der Waals surface area contributed by atoms with Crippen LogP contribution in [0, 0.1) is 5.92 Å². The summed E-state index contributed by atoms with van der Waals surface area (Å²) in [4.78, 5) is 28.8. The van der Waals surface area contributed by atoms with Crippen LogP contribution in [0.15, 0.2) is 55.4 Å². The van der Waals surface area contributed by atoms with E-state index in [4.69, 9.17) is 16.3 Å². The van der Waals surface area contributed by atoms with E-state index in [1.807, 2.05) is 6.07 Å². The molecule has 0 atom stereocenters. The van der Waals surface area contributed by atoms with Gasteiger partial charge < -0.3 is 20.1 Å². The van der Waals surface area contributed by atoms with Gasteiger partial charge in [-0.25, -0.2) is 15.0 Å². The van der Waals surface area contributed by atoms with Gasteiger partial charge in [0.1, 0.15) is 17.7 Å². The maximum atomic E-state index is 13.5. The first-order valence-corrected chi connectivity index (χ1v) is 11.6. The fourth-order valence-electron chi connectivity index (χ4n) is 4.43. The molecular weight excluding hydrogens is 454 g/mol. The van der Waals surface area contributed by atoms with Crippen molar-refractivity contribution in [2.45, 2.75) is 31.7 Å². The van der Waals surface area contributed by atoms with Crippen LogP contribution in [0.1, 0.15) is 41.6 Å². The zero-order chi connectivity index (χ0) is 23.5. The third-order valence-corrected chi connectivity index (χ3v) is 6.55. The molecule has 0 aliphatic heterocycles. The Labute approximate surface area is 201 Å². The lowest BCUT2D eigenvalue weighted by Crippen LogP contribution is -2.27. The molecule has 0 radical (unpaired) electrons. The molecule has 1 saturated carbocycles. The van der Waals surface area contributed by atoms with Crippen molar-refractivity contribution in [1.29, 1.82) is 0 Å². The van der Waals surface area contributed by atoms with Crippen molar-refractivity contribution in [3.63, 3.8) is 0 Å². The molecule has 3 N–H and O–H groups in total. The number of nitrogens with zero attached hydrogens (tertiary/aromatic N) is 3. The highest BCUT2D eigenvalue weighted by Crippen LogP contribution is 2.33. The van der Waals surface area contributed by atoms with Crippen molar-refractivity contribution in [3.05, 3.63) is 71.5 Å². The van der Waals surface area contributed by atoms with Gasteiger partial charge in [-0.05, 0) is 49.8 Å². The Morgan fingerprint density at radius 1 is 1.12 bits per heavy atom. The van der Waals surface area contributed by atoms with Crippen molar-refractivity contribution >= 4 is 34.1 Å². The Bertz CT molecular complexity index is 1300. The maximum absolute atomic E-state index is 13.5. The normalized spacial score (nSPS) is 18.1. The quantitative estimate of drug-likeness (QED) is 0.321. The molecule has 9 heteroatoms. The molecule has 0 amide bonds. The first-order chi connectivity index (χ1) is 16.6. The highest BCUT2D eigenvalue weighted by Gasteiger charge is 2.24. The van der Waals surface area contributed by atoms with Gasteiger partial charge >= 0.3 is 0 Å². The van der Waals surface area contributed by atoms with E-state index in [1.54, 1.807) is 43.0 Å². The second-order valence-electron chi connectivity index (χ2n) is 8.48. The van der Waals surface area contributed by atoms with Crippen molar-refractivity contribution in [1.82, 2.24) is 19.9 Å². The van der Waals surface area contributed by atoms with Gasteiger partial charge in [0.15, 0.2) is 11.5 Å². The molecular formula is C25H24ClN5O3. The molecule has 0 bridgehead atoms. The van der Waals surface area contributed by atoms with E-state index >= 15 is 0 Å². The van der Waals surface area contributed by atoms with Crippen LogP contribution in [0.25, 0.3) is 11.0 Å². The largest absolute Gasteiger partial charge is 0.454 e. The topological polar surface area (TPSA) is 113 Å². The number of aromatic nitrogens is 4. The minimum Gasteiger partial charge on any atom is -0.454 e. The minimum absolute atomic E-state index is 0.203. The van der Waals surface area contributed by atoms with Crippen LogP contribution in [0.3, 0.4) is 0 Å². The molecule has 1 aliphatic carbocycles. The number of aliphatic hydroxyl groups is 1. The minimum atomic E-state index is -0.203. The number of aromatic amines is 1. The molecule has 4 aromatic rings. The monoisotopic (exact) mass is 477 g/mol. The van der Waals surface area contributed by atoms with Crippen molar-refractivity contribution in [2.75, 3.05) is 11.9 Å². The van der Waals surface area contributed by atoms with Crippen LogP contribution in [0.4, 0.5) is 5.69 Å². The van der Waals surface area contributed by atoms with Crippen LogP contribution >= 0.6 is 11.6 Å². The summed E-state index contributed by atoms with van der Waals surface area (Å²) in [6.07, 6.45) is 11.8. The summed E-state index contributed by atoms with van der Waals surface area (Å²) in [5, 5.41) is 14.0. The number of ketones is 1. The first-order valence-electron chi connectivity index (χ1n) is 11.2. The Morgan fingerprint density at radius 2 is 1.91 bits per heavy atom. The van der Waals surface area contributed by atoms with Gasteiger partial charge in [-0.1, -0.05) is 11.6 Å². The van der Waals surface area contributed by atoms with Gasteiger partial charge in [-0.2, -0.15) is 0 Å². The summed E-state index contributed by atoms with van der Waals surface area (Å²) in [6.45, 7) is 0.242. The highest BCUT2D eigenvalue weighted by atomic mass is 35.5. The fraction of sp³-hybridized carbons (Fsp3) is 0.280. The zero-order valence-corrected chi connectivity index (χ0v) is 19.1. The van der Waals surface area contributed by atoms with Crippen molar-refractivity contribution in [2.24, 2.45) is 5.92 Å². The molecule has 174 valence electrons. The van der Waals surface area contributed by atoms with Crippen LogP contribution in [-0.4, -0.2) is 43.5 Å². The third-order valence-electron chi connectivity index (χ3n) is 6.24. The summed E-state index contributed by atoms with van der Waals surface area (Å²) in [5.41, 5.74) is 2.37. The maximum Gasteiger partial charge on any atom is 0.196 e. The number of carbonyl (C=O) groups excluding carboxylic acids is 1. The fourth-order valence-corrected chi connectivity index (χ4v) is 4.68. The van der Waals surface area contributed by atoms with Gasteiger partial charge in [0.05, 0.1) is 28.4 Å². The van der Waals surface area contributed by atoms with Crippen LogP contribution in [0.2, 0.25) is 5.02 Å². The third kappa shape index (κ3) is 4.60. The van der Waals surface area contributed by atoms with Gasteiger partial charge in [-0.3, -0.25) is 4.79 Å². The molecule has 5 rings (SSSR count). The molecule has 34 heavy (non-hydrogen) atoms. The SMILES string of the molecule is O=C(c1ccc(Oc2cncnc2)cc1Cl)c1c[nH]c2nccc(NC3CCC(CO)CC3)c12. The Morgan fingerprint density at radius 3 is 2.65 bits per heavy atom. The van der Waals surface area contributed by atoms with Crippen LogP contribution < -0.4 is 10.1 Å². The lowest BCUT2D eigenvalue weighted by Gasteiger charge is -2.29. The predicted octanol–water partition coefficient (Wildman–Crippen LogP) is 4.99. The van der Waals surface area contributed by atoms with E-state index < -0.39 is 0 Å². The van der Waals surface area contributed by atoms with E-state index in [2.05, 4.69) is 25.3 Å².